The molecule has 0 radical (unpaired) electrons. The zero-order chi connectivity index (χ0) is 12.0. The van der Waals surface area contributed by atoms with Crippen molar-refractivity contribution in [1.82, 2.24) is 13.9 Å². The fourth-order valence-corrected chi connectivity index (χ4v) is 2.75. The number of aryl methyl sites for hydroxylation is 2. The molecule has 0 fully saturated rings. The third-order valence-electron chi connectivity index (χ3n) is 3.12. The molecule has 0 amide bonds. The summed E-state index contributed by atoms with van der Waals surface area (Å²) >= 11 is 1.40. The molecule has 0 spiro atoms. The second-order valence-electron chi connectivity index (χ2n) is 4.02. The van der Waals surface area contributed by atoms with Crippen LogP contribution < -0.4 is 5.73 Å². The van der Waals surface area contributed by atoms with Gasteiger partial charge in [0.1, 0.15) is 17.2 Å². The van der Waals surface area contributed by atoms with Gasteiger partial charge in [-0.3, -0.25) is 0 Å². The molecule has 1 aromatic carbocycles. The van der Waals surface area contributed by atoms with Gasteiger partial charge in [0.15, 0.2) is 0 Å². The van der Waals surface area contributed by atoms with E-state index in [4.69, 9.17) is 5.73 Å². The SMILES string of the molecule is Cc1c(N)n(C)c2cccc(-c3ncns3)c12. The van der Waals surface area contributed by atoms with Crippen LogP contribution in [0.3, 0.4) is 0 Å². The second kappa shape index (κ2) is 3.56. The van der Waals surface area contributed by atoms with Crippen LogP contribution in [0, 0.1) is 6.92 Å². The lowest BCUT2D eigenvalue weighted by molar-refractivity contribution is 0.979. The second-order valence-corrected chi connectivity index (χ2v) is 4.80. The van der Waals surface area contributed by atoms with Crippen molar-refractivity contribution < 1.29 is 0 Å². The Hall–Kier alpha value is -1.88. The van der Waals surface area contributed by atoms with Gasteiger partial charge in [-0.15, -0.1) is 0 Å². The molecule has 17 heavy (non-hydrogen) atoms. The monoisotopic (exact) mass is 244 g/mol. The average Bonchev–Trinajstić information content (AvgIpc) is 2.94. The van der Waals surface area contributed by atoms with Crippen LogP contribution in [-0.2, 0) is 7.05 Å². The highest BCUT2D eigenvalue weighted by atomic mass is 32.1. The van der Waals surface area contributed by atoms with Crippen molar-refractivity contribution in [2.24, 2.45) is 7.05 Å². The Morgan fingerprint density at radius 2 is 2.18 bits per heavy atom. The summed E-state index contributed by atoms with van der Waals surface area (Å²) in [6.07, 6.45) is 1.58. The van der Waals surface area contributed by atoms with Crippen molar-refractivity contribution in [3.8, 4) is 10.6 Å². The molecule has 3 aromatic rings. The first kappa shape index (κ1) is 10.3. The highest BCUT2D eigenvalue weighted by Crippen LogP contribution is 2.35. The number of fused-ring (bicyclic) bond motifs is 1. The van der Waals surface area contributed by atoms with Gasteiger partial charge in [-0.05, 0) is 30.1 Å². The Morgan fingerprint density at radius 1 is 1.35 bits per heavy atom. The summed E-state index contributed by atoms with van der Waals surface area (Å²) in [6, 6.07) is 6.16. The largest absolute Gasteiger partial charge is 0.385 e. The van der Waals surface area contributed by atoms with E-state index in [-0.39, 0.29) is 0 Å². The van der Waals surface area contributed by atoms with E-state index in [0.29, 0.717) is 0 Å². The number of nitrogen functional groups attached to an aromatic ring is 1. The van der Waals surface area contributed by atoms with E-state index in [1.165, 1.54) is 16.9 Å². The van der Waals surface area contributed by atoms with Crippen molar-refractivity contribution in [3.05, 3.63) is 30.1 Å². The molecule has 2 heterocycles. The number of anilines is 1. The zero-order valence-electron chi connectivity index (χ0n) is 9.64. The molecule has 0 saturated heterocycles. The van der Waals surface area contributed by atoms with E-state index in [2.05, 4.69) is 21.5 Å². The standard InChI is InChI=1S/C12H12N4S/c1-7-10-8(12-14-6-15-17-12)4-3-5-9(10)16(2)11(7)13/h3-6H,13H2,1-2H3. The molecule has 0 aliphatic heterocycles. The summed E-state index contributed by atoms with van der Waals surface area (Å²) in [5, 5.41) is 2.11. The number of hydrogen-bond donors (Lipinski definition) is 1. The lowest BCUT2D eigenvalue weighted by Gasteiger charge is -2.00. The van der Waals surface area contributed by atoms with E-state index in [9.17, 15) is 0 Å². The highest BCUT2D eigenvalue weighted by molar-refractivity contribution is 7.09. The van der Waals surface area contributed by atoms with Crippen LogP contribution in [0.4, 0.5) is 5.82 Å². The van der Waals surface area contributed by atoms with Crippen molar-refractivity contribution >= 4 is 28.3 Å². The Labute approximate surface area is 103 Å². The molecule has 0 aliphatic carbocycles. The molecular formula is C12H12N4S. The molecule has 3 rings (SSSR count). The van der Waals surface area contributed by atoms with Crippen LogP contribution in [0.15, 0.2) is 24.5 Å². The molecule has 2 N–H and O–H groups in total. The predicted octanol–water partition coefficient (Wildman–Crippen LogP) is 2.59. The Balaban J connectivity index is 2.45. The molecule has 0 saturated carbocycles. The van der Waals surface area contributed by atoms with Crippen molar-refractivity contribution in [2.75, 3.05) is 5.73 Å². The van der Waals surface area contributed by atoms with Crippen LogP contribution in [0.5, 0.6) is 0 Å². The molecular weight excluding hydrogens is 232 g/mol. The first-order valence-corrected chi connectivity index (χ1v) is 6.08. The first-order valence-electron chi connectivity index (χ1n) is 5.30. The summed E-state index contributed by atoms with van der Waals surface area (Å²) in [6.45, 7) is 2.04. The van der Waals surface area contributed by atoms with Gasteiger partial charge >= 0.3 is 0 Å². The van der Waals surface area contributed by atoms with Gasteiger partial charge in [0.25, 0.3) is 0 Å². The molecule has 2 aromatic heterocycles. The van der Waals surface area contributed by atoms with E-state index >= 15 is 0 Å². The fourth-order valence-electron chi connectivity index (χ4n) is 2.19. The predicted molar refractivity (Wildman–Crippen MR) is 71.0 cm³/mol. The number of nitrogens with zero attached hydrogens (tertiary/aromatic N) is 3. The van der Waals surface area contributed by atoms with Gasteiger partial charge in [-0.25, -0.2) is 4.98 Å². The number of aromatic nitrogens is 3. The highest BCUT2D eigenvalue weighted by Gasteiger charge is 2.14. The molecule has 86 valence electrons. The van der Waals surface area contributed by atoms with Gasteiger partial charge in [-0.2, -0.15) is 4.37 Å². The minimum atomic E-state index is 0.803. The molecule has 0 aliphatic rings. The van der Waals surface area contributed by atoms with Gasteiger partial charge in [0.2, 0.25) is 0 Å². The van der Waals surface area contributed by atoms with E-state index < -0.39 is 0 Å². The molecule has 0 atom stereocenters. The number of benzene rings is 1. The minimum Gasteiger partial charge on any atom is -0.385 e. The summed E-state index contributed by atoms with van der Waals surface area (Å²) in [5.74, 6) is 0.803. The zero-order valence-corrected chi connectivity index (χ0v) is 10.5. The van der Waals surface area contributed by atoms with E-state index in [1.54, 1.807) is 6.33 Å². The average molecular weight is 244 g/mol. The maximum absolute atomic E-state index is 6.07. The van der Waals surface area contributed by atoms with Crippen LogP contribution in [0.2, 0.25) is 0 Å². The minimum absolute atomic E-state index is 0.803. The Bertz CT molecular complexity index is 682. The normalized spacial score (nSPS) is 11.2. The van der Waals surface area contributed by atoms with Gasteiger partial charge in [-0.1, -0.05) is 12.1 Å². The van der Waals surface area contributed by atoms with Crippen LogP contribution in [-0.4, -0.2) is 13.9 Å². The van der Waals surface area contributed by atoms with Crippen LogP contribution >= 0.6 is 11.5 Å². The maximum atomic E-state index is 6.07. The summed E-state index contributed by atoms with van der Waals surface area (Å²) in [4.78, 5) is 4.27. The van der Waals surface area contributed by atoms with Crippen molar-refractivity contribution in [2.45, 2.75) is 6.92 Å². The third kappa shape index (κ3) is 1.36. The Kier molecular flexibility index (Phi) is 2.16. The lowest BCUT2D eigenvalue weighted by Crippen LogP contribution is -1.95. The van der Waals surface area contributed by atoms with Gasteiger partial charge in [0.05, 0.1) is 5.52 Å². The Morgan fingerprint density at radius 3 is 2.88 bits per heavy atom. The topological polar surface area (TPSA) is 56.7 Å². The third-order valence-corrected chi connectivity index (χ3v) is 3.81. The number of nitrogens with two attached hydrogens (primary N) is 1. The van der Waals surface area contributed by atoms with Crippen molar-refractivity contribution in [1.29, 1.82) is 0 Å². The van der Waals surface area contributed by atoms with Gasteiger partial charge < -0.3 is 10.3 Å². The van der Waals surface area contributed by atoms with Crippen LogP contribution in [0.25, 0.3) is 21.5 Å². The van der Waals surface area contributed by atoms with Gasteiger partial charge in [0, 0.05) is 18.0 Å². The smallest absolute Gasteiger partial charge is 0.144 e. The van der Waals surface area contributed by atoms with Crippen LogP contribution in [0.1, 0.15) is 5.56 Å². The lowest BCUT2D eigenvalue weighted by atomic mass is 10.1. The summed E-state index contributed by atoms with van der Waals surface area (Å²) < 4.78 is 6.07. The summed E-state index contributed by atoms with van der Waals surface area (Å²) in [7, 11) is 1.98. The maximum Gasteiger partial charge on any atom is 0.144 e. The number of hydrogen-bond acceptors (Lipinski definition) is 4. The molecule has 0 unspecified atom stereocenters. The summed E-state index contributed by atoms with van der Waals surface area (Å²) in [5.41, 5.74) is 9.41. The van der Waals surface area contributed by atoms with E-state index in [1.807, 2.05) is 24.6 Å². The van der Waals surface area contributed by atoms with Crippen molar-refractivity contribution in [3.63, 3.8) is 0 Å². The quantitative estimate of drug-likeness (QED) is 0.715. The van der Waals surface area contributed by atoms with E-state index in [0.717, 1.165) is 27.5 Å². The fraction of sp³-hybridized carbons (Fsp3) is 0.167. The first-order chi connectivity index (χ1) is 8.20. The molecule has 5 heteroatoms. The molecule has 4 nitrogen and oxygen atoms in total. The molecule has 0 bridgehead atoms. The number of rotatable bonds is 1.